The van der Waals surface area contributed by atoms with Gasteiger partial charge in [-0.05, 0) is 36.5 Å². The molecule has 1 fully saturated rings. The Balaban J connectivity index is 2.11. The molecular formula is C13H15FO2. The minimum atomic E-state index is -0.970. The second-order valence-electron chi connectivity index (χ2n) is 4.37. The lowest BCUT2D eigenvalue weighted by atomic mass is 9.95. The molecule has 3 heteroatoms. The molecule has 1 saturated carbocycles. The second kappa shape index (κ2) is 4.64. The summed E-state index contributed by atoms with van der Waals surface area (Å²) >= 11 is 0. The third-order valence-corrected chi connectivity index (χ3v) is 3.29. The Morgan fingerprint density at radius 3 is 2.31 bits per heavy atom. The average molecular weight is 222 g/mol. The second-order valence-corrected chi connectivity index (χ2v) is 4.37. The first kappa shape index (κ1) is 11.1. The van der Waals surface area contributed by atoms with Crippen molar-refractivity contribution >= 4 is 5.97 Å². The van der Waals surface area contributed by atoms with Crippen molar-refractivity contribution in [2.75, 3.05) is 0 Å². The van der Waals surface area contributed by atoms with Gasteiger partial charge in [0.05, 0.1) is 5.56 Å². The zero-order chi connectivity index (χ0) is 11.5. The highest BCUT2D eigenvalue weighted by molar-refractivity contribution is 5.87. The summed E-state index contributed by atoms with van der Waals surface area (Å²) in [5, 5.41) is 8.73. The Morgan fingerprint density at radius 2 is 1.81 bits per heavy atom. The third-order valence-electron chi connectivity index (χ3n) is 3.29. The van der Waals surface area contributed by atoms with Gasteiger partial charge in [-0.3, -0.25) is 0 Å². The monoisotopic (exact) mass is 222 g/mol. The molecule has 0 radical (unpaired) electrons. The first-order chi connectivity index (χ1) is 7.68. The fourth-order valence-electron chi connectivity index (χ4n) is 2.33. The molecule has 2 nitrogen and oxygen atoms in total. The lowest BCUT2D eigenvalue weighted by Gasteiger charge is -2.15. The molecule has 1 unspecified atom stereocenters. The minimum absolute atomic E-state index is 0.121. The molecule has 0 bridgehead atoms. The van der Waals surface area contributed by atoms with Crippen LogP contribution in [0.5, 0.6) is 0 Å². The van der Waals surface area contributed by atoms with E-state index in [2.05, 4.69) is 0 Å². The SMILES string of the molecule is O=C(O)c1ccc(C(F)C2CCCC2)cc1. The predicted octanol–water partition coefficient (Wildman–Crippen LogP) is 3.59. The fourth-order valence-corrected chi connectivity index (χ4v) is 2.33. The third kappa shape index (κ3) is 2.23. The van der Waals surface area contributed by atoms with E-state index in [1.807, 2.05) is 0 Å². The highest BCUT2D eigenvalue weighted by Gasteiger charge is 2.25. The van der Waals surface area contributed by atoms with E-state index in [0.29, 0.717) is 5.56 Å². The van der Waals surface area contributed by atoms with Gasteiger partial charge in [0.25, 0.3) is 0 Å². The van der Waals surface area contributed by atoms with E-state index in [0.717, 1.165) is 25.7 Å². The van der Waals surface area contributed by atoms with Crippen molar-refractivity contribution < 1.29 is 14.3 Å². The van der Waals surface area contributed by atoms with Crippen molar-refractivity contribution in [1.29, 1.82) is 0 Å². The van der Waals surface area contributed by atoms with Crippen molar-refractivity contribution in [3.05, 3.63) is 35.4 Å². The molecule has 86 valence electrons. The van der Waals surface area contributed by atoms with Gasteiger partial charge in [0.1, 0.15) is 6.17 Å². The lowest BCUT2D eigenvalue weighted by molar-refractivity contribution is 0.0697. The summed E-state index contributed by atoms with van der Waals surface area (Å²) in [6.45, 7) is 0. The fraction of sp³-hybridized carbons (Fsp3) is 0.462. The zero-order valence-electron chi connectivity index (χ0n) is 9.03. The normalized spacial score (nSPS) is 18.6. The standard InChI is InChI=1S/C13H15FO2/c14-12(9-3-1-2-4-9)10-5-7-11(8-6-10)13(15)16/h5-9,12H,1-4H2,(H,15,16). The van der Waals surface area contributed by atoms with Gasteiger partial charge in [-0.15, -0.1) is 0 Å². The number of aromatic carboxylic acids is 1. The van der Waals surface area contributed by atoms with Crippen LogP contribution in [-0.2, 0) is 0 Å². The number of halogens is 1. The van der Waals surface area contributed by atoms with Crippen LogP contribution in [0.3, 0.4) is 0 Å². The summed E-state index contributed by atoms with van der Waals surface area (Å²) in [7, 11) is 0. The molecule has 1 N–H and O–H groups in total. The van der Waals surface area contributed by atoms with Crippen molar-refractivity contribution in [2.45, 2.75) is 31.9 Å². The molecule has 0 heterocycles. The molecule has 0 saturated heterocycles. The van der Waals surface area contributed by atoms with Crippen LogP contribution in [0.15, 0.2) is 24.3 Å². The minimum Gasteiger partial charge on any atom is -0.478 e. The topological polar surface area (TPSA) is 37.3 Å². The quantitative estimate of drug-likeness (QED) is 0.848. The van der Waals surface area contributed by atoms with Gasteiger partial charge in [0.2, 0.25) is 0 Å². The molecule has 0 aromatic heterocycles. The van der Waals surface area contributed by atoms with E-state index in [-0.39, 0.29) is 11.5 Å². The van der Waals surface area contributed by atoms with Crippen LogP contribution in [0.4, 0.5) is 4.39 Å². The number of carbonyl (C=O) groups is 1. The molecule has 0 aliphatic heterocycles. The van der Waals surface area contributed by atoms with Gasteiger partial charge in [-0.1, -0.05) is 25.0 Å². The number of benzene rings is 1. The Morgan fingerprint density at radius 1 is 1.25 bits per heavy atom. The van der Waals surface area contributed by atoms with Crippen molar-refractivity contribution in [3.8, 4) is 0 Å². The van der Waals surface area contributed by atoms with E-state index in [1.165, 1.54) is 12.1 Å². The Bertz CT molecular complexity index is 366. The maximum absolute atomic E-state index is 14.0. The number of alkyl halides is 1. The Hall–Kier alpha value is -1.38. The molecule has 2 rings (SSSR count). The van der Waals surface area contributed by atoms with Crippen LogP contribution in [-0.4, -0.2) is 11.1 Å². The van der Waals surface area contributed by atoms with Crippen LogP contribution in [0, 0.1) is 5.92 Å². The molecule has 1 aromatic rings. The van der Waals surface area contributed by atoms with Gasteiger partial charge in [-0.2, -0.15) is 0 Å². The molecule has 1 atom stereocenters. The van der Waals surface area contributed by atoms with E-state index in [4.69, 9.17) is 5.11 Å². The highest BCUT2D eigenvalue weighted by Crippen LogP contribution is 2.38. The van der Waals surface area contributed by atoms with Crippen molar-refractivity contribution in [2.24, 2.45) is 5.92 Å². The molecule has 0 amide bonds. The number of carboxylic acids is 1. The summed E-state index contributed by atoms with van der Waals surface area (Å²) in [6, 6.07) is 6.12. The van der Waals surface area contributed by atoms with E-state index in [9.17, 15) is 9.18 Å². The molecule has 1 aliphatic carbocycles. The largest absolute Gasteiger partial charge is 0.478 e. The van der Waals surface area contributed by atoms with E-state index >= 15 is 0 Å². The van der Waals surface area contributed by atoms with Gasteiger partial charge >= 0.3 is 5.97 Å². The van der Waals surface area contributed by atoms with Crippen molar-refractivity contribution in [3.63, 3.8) is 0 Å². The molecule has 1 aromatic carbocycles. The molecule has 0 spiro atoms. The molecule has 16 heavy (non-hydrogen) atoms. The van der Waals surface area contributed by atoms with Gasteiger partial charge < -0.3 is 5.11 Å². The lowest BCUT2D eigenvalue weighted by Crippen LogP contribution is -2.05. The van der Waals surface area contributed by atoms with E-state index < -0.39 is 12.1 Å². The predicted molar refractivity (Wildman–Crippen MR) is 59.2 cm³/mol. The Kier molecular flexibility index (Phi) is 3.22. The number of rotatable bonds is 3. The molecule has 1 aliphatic rings. The first-order valence-corrected chi connectivity index (χ1v) is 5.66. The zero-order valence-corrected chi connectivity index (χ0v) is 9.03. The highest BCUT2D eigenvalue weighted by atomic mass is 19.1. The number of hydrogen-bond acceptors (Lipinski definition) is 1. The smallest absolute Gasteiger partial charge is 0.335 e. The summed E-state index contributed by atoms with van der Waals surface area (Å²) in [6.07, 6.45) is 3.17. The van der Waals surface area contributed by atoms with Crippen molar-refractivity contribution in [1.82, 2.24) is 0 Å². The number of hydrogen-bond donors (Lipinski definition) is 1. The summed E-state index contributed by atoms with van der Waals surface area (Å²) < 4.78 is 14.0. The van der Waals surface area contributed by atoms with Gasteiger partial charge in [-0.25, -0.2) is 9.18 Å². The maximum Gasteiger partial charge on any atom is 0.335 e. The first-order valence-electron chi connectivity index (χ1n) is 5.66. The van der Waals surface area contributed by atoms with Crippen LogP contribution < -0.4 is 0 Å². The number of carboxylic acid groups (broad SMARTS) is 1. The average Bonchev–Trinajstić information content (AvgIpc) is 2.81. The Labute approximate surface area is 94.1 Å². The van der Waals surface area contributed by atoms with Gasteiger partial charge in [0.15, 0.2) is 0 Å². The van der Waals surface area contributed by atoms with Crippen LogP contribution in [0.1, 0.15) is 47.8 Å². The summed E-state index contributed by atoms with van der Waals surface area (Å²) in [5.74, 6) is -0.849. The van der Waals surface area contributed by atoms with E-state index in [1.54, 1.807) is 12.1 Å². The van der Waals surface area contributed by atoms with Crippen LogP contribution >= 0.6 is 0 Å². The maximum atomic E-state index is 14.0. The summed E-state index contributed by atoms with van der Waals surface area (Å²) in [5.41, 5.74) is 0.819. The summed E-state index contributed by atoms with van der Waals surface area (Å²) in [4.78, 5) is 10.6. The van der Waals surface area contributed by atoms with Crippen LogP contribution in [0.25, 0.3) is 0 Å². The van der Waals surface area contributed by atoms with Crippen LogP contribution in [0.2, 0.25) is 0 Å². The molecular weight excluding hydrogens is 207 g/mol. The van der Waals surface area contributed by atoms with Gasteiger partial charge in [0, 0.05) is 0 Å².